The van der Waals surface area contributed by atoms with Crippen LogP contribution in [0.3, 0.4) is 0 Å². The number of hydrogen-bond donors (Lipinski definition) is 0. The Morgan fingerprint density at radius 2 is 1.69 bits per heavy atom. The minimum atomic E-state index is -1.32. The smallest absolute Gasteiger partial charge is 0.223 e. The molecular weight excluding hydrogens is 182 g/mol. The van der Waals surface area contributed by atoms with E-state index in [0.29, 0.717) is 0 Å². The molecule has 0 bridgehead atoms. The molecule has 0 radical (unpaired) electrons. The highest BCUT2D eigenvalue weighted by molar-refractivity contribution is 6.73. The van der Waals surface area contributed by atoms with E-state index < -0.39 is 14.1 Å². The zero-order valence-corrected chi connectivity index (χ0v) is 10.4. The first kappa shape index (κ1) is 11.2. The molecule has 1 rings (SSSR count). The molecule has 1 aliphatic heterocycles. The Morgan fingerprint density at radius 3 is 2.00 bits per heavy atom. The average molecular weight is 203 g/mol. The maximum absolute atomic E-state index is 5.53. The number of rotatable bonds is 3. The van der Waals surface area contributed by atoms with Gasteiger partial charge in [-0.25, -0.2) is 0 Å². The van der Waals surface area contributed by atoms with Crippen LogP contribution in [0.25, 0.3) is 0 Å². The first-order valence-electron chi connectivity index (χ1n) is 4.84. The summed E-state index contributed by atoms with van der Waals surface area (Å²) in [5.74, 6) is -0.426. The molecule has 0 amide bonds. The lowest BCUT2D eigenvalue weighted by molar-refractivity contribution is -0.257. The third-order valence-electron chi connectivity index (χ3n) is 2.73. The van der Waals surface area contributed by atoms with Crippen LogP contribution in [-0.4, -0.2) is 39.5 Å². The van der Waals surface area contributed by atoms with E-state index in [9.17, 15) is 0 Å². The van der Waals surface area contributed by atoms with Crippen LogP contribution in [0, 0.1) is 0 Å². The van der Waals surface area contributed by atoms with Crippen LogP contribution < -0.4 is 0 Å². The van der Waals surface area contributed by atoms with Crippen LogP contribution in [0.5, 0.6) is 0 Å². The lowest BCUT2D eigenvalue weighted by Gasteiger charge is -2.42. The second kappa shape index (κ2) is 3.69. The lowest BCUT2D eigenvalue weighted by atomic mass is 10.3. The predicted molar refractivity (Wildman–Crippen MR) is 56.0 cm³/mol. The first-order chi connectivity index (χ1) is 5.96. The molecule has 1 heterocycles. The molecule has 0 atom stereocenters. The van der Waals surface area contributed by atoms with Crippen LogP contribution in [0.4, 0.5) is 0 Å². The maximum Gasteiger partial charge on any atom is 0.223 e. The van der Waals surface area contributed by atoms with Gasteiger partial charge in [0, 0.05) is 20.6 Å². The summed E-state index contributed by atoms with van der Waals surface area (Å²) in [4.78, 5) is 0. The van der Waals surface area contributed by atoms with Gasteiger partial charge in [-0.3, -0.25) is 4.57 Å². The van der Waals surface area contributed by atoms with E-state index >= 15 is 0 Å². The summed E-state index contributed by atoms with van der Waals surface area (Å²) in [5, 5.41) is 0. The van der Waals surface area contributed by atoms with Crippen molar-refractivity contribution >= 4 is 8.24 Å². The average Bonchev–Trinajstić information content (AvgIpc) is 2.47. The van der Waals surface area contributed by atoms with Crippen LogP contribution >= 0.6 is 0 Å². The molecule has 4 heteroatoms. The normalized spacial score (nSPS) is 23.8. The van der Waals surface area contributed by atoms with E-state index in [1.165, 1.54) is 6.42 Å². The zero-order valence-electron chi connectivity index (χ0n) is 9.39. The van der Waals surface area contributed by atoms with Crippen molar-refractivity contribution in [3.63, 3.8) is 0 Å². The van der Waals surface area contributed by atoms with Crippen molar-refractivity contribution in [2.75, 3.05) is 20.8 Å². The molecular formula is C9H21NO2Si. The number of hydrogen-bond acceptors (Lipinski definition) is 3. The van der Waals surface area contributed by atoms with Gasteiger partial charge in [0.2, 0.25) is 5.91 Å². The fourth-order valence-corrected chi connectivity index (χ4v) is 4.27. The van der Waals surface area contributed by atoms with Crippen LogP contribution in [0.1, 0.15) is 12.8 Å². The van der Waals surface area contributed by atoms with Crippen LogP contribution in [0.2, 0.25) is 19.6 Å². The molecule has 1 aliphatic rings. The third-order valence-corrected chi connectivity index (χ3v) is 4.92. The highest BCUT2D eigenvalue weighted by Gasteiger charge is 2.47. The van der Waals surface area contributed by atoms with Gasteiger partial charge in [-0.15, -0.1) is 0 Å². The van der Waals surface area contributed by atoms with Gasteiger partial charge in [0.25, 0.3) is 0 Å². The Bertz CT molecular complexity index is 175. The molecule has 0 N–H and O–H groups in total. The number of methoxy groups -OCH3 is 2. The van der Waals surface area contributed by atoms with Crippen LogP contribution in [-0.2, 0) is 9.47 Å². The fourth-order valence-electron chi connectivity index (χ4n) is 2.12. The van der Waals surface area contributed by atoms with Gasteiger partial charge in [-0.1, -0.05) is 19.6 Å². The standard InChI is InChI=1S/C9H21NO2Si/c1-11-9(12-2)7-6-8-10(9)13(3,4)5/h6-8H2,1-5H3. The maximum atomic E-state index is 5.53. The summed E-state index contributed by atoms with van der Waals surface area (Å²) >= 11 is 0. The molecule has 78 valence electrons. The summed E-state index contributed by atoms with van der Waals surface area (Å²) in [6, 6.07) is 0. The van der Waals surface area contributed by atoms with Crippen molar-refractivity contribution in [3.05, 3.63) is 0 Å². The molecule has 0 aliphatic carbocycles. The Balaban J connectivity index is 2.84. The minimum Gasteiger partial charge on any atom is -0.341 e. The predicted octanol–water partition coefficient (Wildman–Crippen LogP) is 1.86. The first-order valence-corrected chi connectivity index (χ1v) is 8.29. The van der Waals surface area contributed by atoms with Crippen molar-refractivity contribution in [1.82, 2.24) is 4.57 Å². The molecule has 0 aromatic heterocycles. The van der Waals surface area contributed by atoms with E-state index in [1.807, 2.05) is 0 Å². The topological polar surface area (TPSA) is 21.7 Å². The highest BCUT2D eigenvalue weighted by Crippen LogP contribution is 2.34. The molecule has 0 spiro atoms. The number of nitrogens with zero attached hydrogens (tertiary/aromatic N) is 1. The molecule has 0 aromatic rings. The third kappa shape index (κ3) is 1.96. The van der Waals surface area contributed by atoms with Gasteiger partial charge in [0.05, 0.1) is 0 Å². The van der Waals surface area contributed by atoms with Gasteiger partial charge in [0.15, 0.2) is 0 Å². The summed E-state index contributed by atoms with van der Waals surface area (Å²) in [7, 11) is 2.16. The molecule has 1 fully saturated rings. The number of ether oxygens (including phenoxy) is 2. The second-order valence-corrected chi connectivity index (χ2v) is 9.43. The van der Waals surface area contributed by atoms with E-state index in [1.54, 1.807) is 14.2 Å². The highest BCUT2D eigenvalue weighted by atomic mass is 28.3. The summed E-state index contributed by atoms with van der Waals surface area (Å²) in [5.41, 5.74) is 0. The molecule has 3 nitrogen and oxygen atoms in total. The largest absolute Gasteiger partial charge is 0.341 e. The van der Waals surface area contributed by atoms with E-state index in [4.69, 9.17) is 9.47 Å². The summed E-state index contributed by atoms with van der Waals surface area (Å²) in [6.07, 6.45) is 2.16. The Morgan fingerprint density at radius 1 is 1.15 bits per heavy atom. The summed E-state index contributed by atoms with van der Waals surface area (Å²) in [6.45, 7) is 8.08. The van der Waals surface area contributed by atoms with E-state index in [-0.39, 0.29) is 0 Å². The lowest BCUT2D eigenvalue weighted by Crippen LogP contribution is -2.58. The van der Waals surface area contributed by atoms with Crippen molar-refractivity contribution < 1.29 is 9.47 Å². The molecule has 1 saturated heterocycles. The molecule has 0 aromatic carbocycles. The molecule has 13 heavy (non-hydrogen) atoms. The Kier molecular flexibility index (Phi) is 3.17. The zero-order chi connectivity index (χ0) is 10.1. The van der Waals surface area contributed by atoms with Gasteiger partial charge >= 0.3 is 0 Å². The SMILES string of the molecule is COC1(OC)CCCN1[Si](C)(C)C. The second-order valence-electron chi connectivity index (χ2n) is 4.55. The van der Waals surface area contributed by atoms with Crippen LogP contribution in [0.15, 0.2) is 0 Å². The van der Waals surface area contributed by atoms with Crippen molar-refractivity contribution in [2.24, 2.45) is 0 Å². The van der Waals surface area contributed by atoms with Gasteiger partial charge in [-0.05, 0) is 13.0 Å². The molecule has 0 unspecified atom stereocenters. The van der Waals surface area contributed by atoms with Crippen molar-refractivity contribution in [2.45, 2.75) is 38.4 Å². The Labute approximate surface area is 82.1 Å². The minimum absolute atomic E-state index is 0.426. The summed E-state index contributed by atoms with van der Waals surface area (Å²) < 4.78 is 13.5. The monoisotopic (exact) mass is 203 g/mol. The van der Waals surface area contributed by atoms with Crippen molar-refractivity contribution in [3.8, 4) is 0 Å². The van der Waals surface area contributed by atoms with Gasteiger partial charge in [0.1, 0.15) is 8.24 Å². The van der Waals surface area contributed by atoms with E-state index in [0.717, 1.165) is 13.0 Å². The van der Waals surface area contributed by atoms with Gasteiger partial charge in [-0.2, -0.15) is 0 Å². The Hall–Kier alpha value is 0.0969. The molecule has 0 saturated carbocycles. The quantitative estimate of drug-likeness (QED) is 0.516. The van der Waals surface area contributed by atoms with E-state index in [2.05, 4.69) is 24.2 Å². The fraction of sp³-hybridized carbons (Fsp3) is 1.00. The van der Waals surface area contributed by atoms with Gasteiger partial charge < -0.3 is 9.47 Å². The van der Waals surface area contributed by atoms with Crippen molar-refractivity contribution in [1.29, 1.82) is 0 Å².